The van der Waals surface area contributed by atoms with E-state index >= 15 is 0 Å². The number of carbonyl (C=O) groups is 2. The number of aromatic nitrogens is 2. The van der Waals surface area contributed by atoms with E-state index in [1.54, 1.807) is 22.7 Å². The Morgan fingerprint density at radius 3 is 2.78 bits per heavy atom. The highest BCUT2D eigenvalue weighted by Gasteiger charge is 2.21. The molecule has 3 aromatic rings. The molecule has 0 aliphatic rings. The van der Waals surface area contributed by atoms with Crippen LogP contribution in [0.3, 0.4) is 0 Å². The predicted molar refractivity (Wildman–Crippen MR) is 99.6 cm³/mol. The number of amides is 1. The van der Waals surface area contributed by atoms with E-state index in [1.165, 1.54) is 19.1 Å². The smallest absolute Gasteiger partial charge is 0.359 e. The van der Waals surface area contributed by atoms with Crippen molar-refractivity contribution >= 4 is 34.8 Å². The lowest BCUT2D eigenvalue weighted by atomic mass is 10.2. The van der Waals surface area contributed by atoms with Crippen molar-refractivity contribution in [1.82, 2.24) is 9.38 Å². The molecule has 0 saturated heterocycles. The van der Waals surface area contributed by atoms with Gasteiger partial charge in [0.25, 0.3) is 5.91 Å². The molecule has 7 nitrogen and oxygen atoms in total. The molecule has 2 aromatic heterocycles. The quantitative estimate of drug-likeness (QED) is 0.698. The van der Waals surface area contributed by atoms with Crippen molar-refractivity contribution in [1.29, 1.82) is 5.26 Å². The first-order chi connectivity index (χ1) is 12.9. The SMILES string of the molecule is Cc1cccc2nc(C(=O)OC(C)C(=O)Nc3ccc(C#N)c(Cl)c3)cn12. The summed E-state index contributed by atoms with van der Waals surface area (Å²) in [5.74, 6) is -1.22. The zero-order valence-electron chi connectivity index (χ0n) is 14.6. The van der Waals surface area contributed by atoms with Gasteiger partial charge in [0, 0.05) is 17.6 Å². The van der Waals surface area contributed by atoms with Crippen LogP contribution in [0.15, 0.2) is 42.6 Å². The molecule has 1 unspecified atom stereocenters. The van der Waals surface area contributed by atoms with Gasteiger partial charge in [-0.25, -0.2) is 9.78 Å². The number of carbonyl (C=O) groups excluding carboxylic acids is 2. The van der Waals surface area contributed by atoms with E-state index < -0.39 is 18.0 Å². The molecule has 0 radical (unpaired) electrons. The van der Waals surface area contributed by atoms with E-state index in [0.29, 0.717) is 16.9 Å². The normalized spacial score (nSPS) is 11.6. The summed E-state index contributed by atoms with van der Waals surface area (Å²) in [7, 11) is 0. The number of imidazole rings is 1. The second kappa shape index (κ2) is 7.48. The number of esters is 1. The van der Waals surface area contributed by atoms with Crippen molar-refractivity contribution in [3.8, 4) is 6.07 Å². The number of benzene rings is 1. The Labute approximate surface area is 160 Å². The van der Waals surface area contributed by atoms with Crippen molar-refractivity contribution in [2.24, 2.45) is 0 Å². The van der Waals surface area contributed by atoms with Gasteiger partial charge in [0.2, 0.25) is 0 Å². The number of aryl methyl sites for hydroxylation is 1. The standard InChI is InChI=1S/C19H15ClN4O3/c1-11-4-3-5-17-23-16(10-24(11)17)19(26)27-12(2)18(25)22-14-7-6-13(9-21)15(20)8-14/h3-8,10,12H,1-2H3,(H,22,25). The van der Waals surface area contributed by atoms with Crippen molar-refractivity contribution in [3.05, 3.63) is 64.6 Å². The molecule has 0 spiro atoms. The van der Waals surface area contributed by atoms with Gasteiger partial charge in [0.05, 0.1) is 10.6 Å². The monoisotopic (exact) mass is 382 g/mol. The van der Waals surface area contributed by atoms with E-state index in [4.69, 9.17) is 21.6 Å². The molecule has 3 rings (SSSR count). The van der Waals surface area contributed by atoms with E-state index in [-0.39, 0.29) is 10.7 Å². The largest absolute Gasteiger partial charge is 0.448 e. The topological polar surface area (TPSA) is 96.5 Å². The fourth-order valence-corrected chi connectivity index (χ4v) is 2.67. The highest BCUT2D eigenvalue weighted by atomic mass is 35.5. The maximum absolute atomic E-state index is 12.3. The van der Waals surface area contributed by atoms with Gasteiger partial charge in [-0.2, -0.15) is 5.26 Å². The highest BCUT2D eigenvalue weighted by molar-refractivity contribution is 6.32. The number of anilines is 1. The molecule has 1 aromatic carbocycles. The molecule has 136 valence electrons. The number of ether oxygens (including phenoxy) is 1. The van der Waals surface area contributed by atoms with Gasteiger partial charge in [-0.05, 0) is 44.2 Å². The summed E-state index contributed by atoms with van der Waals surface area (Å²) in [4.78, 5) is 28.8. The minimum Gasteiger partial charge on any atom is -0.448 e. The number of nitriles is 1. The second-order valence-corrected chi connectivity index (χ2v) is 6.27. The Hall–Kier alpha value is -3.37. The molecule has 0 aliphatic carbocycles. The zero-order valence-corrected chi connectivity index (χ0v) is 15.3. The van der Waals surface area contributed by atoms with Gasteiger partial charge in [-0.15, -0.1) is 0 Å². The Morgan fingerprint density at radius 2 is 2.11 bits per heavy atom. The van der Waals surface area contributed by atoms with E-state index in [2.05, 4.69) is 10.3 Å². The fourth-order valence-electron chi connectivity index (χ4n) is 2.45. The summed E-state index contributed by atoms with van der Waals surface area (Å²) < 4.78 is 6.97. The van der Waals surface area contributed by atoms with Gasteiger partial charge in [0.1, 0.15) is 11.7 Å². The van der Waals surface area contributed by atoms with Crippen molar-refractivity contribution < 1.29 is 14.3 Å². The Balaban J connectivity index is 1.68. The molecular formula is C19H15ClN4O3. The van der Waals surface area contributed by atoms with Crippen LogP contribution in [0.25, 0.3) is 5.65 Å². The molecule has 1 amide bonds. The lowest BCUT2D eigenvalue weighted by molar-refractivity contribution is -0.123. The van der Waals surface area contributed by atoms with E-state index in [9.17, 15) is 9.59 Å². The van der Waals surface area contributed by atoms with E-state index in [1.807, 2.05) is 25.1 Å². The van der Waals surface area contributed by atoms with Crippen LogP contribution in [0.5, 0.6) is 0 Å². The van der Waals surface area contributed by atoms with Crippen LogP contribution in [-0.2, 0) is 9.53 Å². The molecule has 1 N–H and O–H groups in total. The number of hydrogen-bond donors (Lipinski definition) is 1. The molecule has 0 bridgehead atoms. The molecule has 2 heterocycles. The fraction of sp³-hybridized carbons (Fsp3) is 0.158. The maximum atomic E-state index is 12.3. The van der Waals surface area contributed by atoms with Crippen molar-refractivity contribution in [2.45, 2.75) is 20.0 Å². The zero-order chi connectivity index (χ0) is 19.6. The first kappa shape index (κ1) is 18.4. The summed E-state index contributed by atoms with van der Waals surface area (Å²) in [6, 6.07) is 11.9. The summed E-state index contributed by atoms with van der Waals surface area (Å²) in [6.07, 6.45) is 0.524. The Bertz CT molecular complexity index is 1080. The van der Waals surface area contributed by atoms with Crippen LogP contribution in [-0.4, -0.2) is 27.4 Å². The summed E-state index contributed by atoms with van der Waals surface area (Å²) in [6.45, 7) is 3.35. The van der Waals surface area contributed by atoms with Gasteiger partial charge >= 0.3 is 5.97 Å². The number of pyridine rings is 1. The number of hydrogen-bond acceptors (Lipinski definition) is 5. The highest BCUT2D eigenvalue weighted by Crippen LogP contribution is 2.20. The minimum absolute atomic E-state index is 0.116. The molecular weight excluding hydrogens is 368 g/mol. The first-order valence-corrected chi connectivity index (χ1v) is 8.43. The van der Waals surface area contributed by atoms with Crippen molar-refractivity contribution in [3.63, 3.8) is 0 Å². The number of fused-ring (bicyclic) bond motifs is 1. The number of nitrogens with one attached hydrogen (secondary N) is 1. The lowest BCUT2D eigenvalue weighted by Crippen LogP contribution is -2.30. The number of halogens is 1. The third-order valence-corrected chi connectivity index (χ3v) is 4.23. The number of rotatable bonds is 4. The van der Waals surface area contributed by atoms with Crippen molar-refractivity contribution in [2.75, 3.05) is 5.32 Å². The van der Waals surface area contributed by atoms with Crippen LogP contribution >= 0.6 is 11.6 Å². The predicted octanol–water partition coefficient (Wildman–Crippen LogP) is 3.35. The molecule has 1 atom stereocenters. The van der Waals surface area contributed by atoms with Crippen LogP contribution in [0.2, 0.25) is 5.02 Å². The van der Waals surface area contributed by atoms with Crippen LogP contribution in [0.1, 0.15) is 28.7 Å². The third kappa shape index (κ3) is 3.91. The average molecular weight is 383 g/mol. The molecule has 8 heteroatoms. The number of nitrogens with zero attached hydrogens (tertiary/aromatic N) is 3. The molecule has 0 aliphatic heterocycles. The van der Waals surface area contributed by atoms with Gasteiger partial charge in [-0.1, -0.05) is 17.7 Å². The maximum Gasteiger partial charge on any atom is 0.359 e. The van der Waals surface area contributed by atoms with Gasteiger partial charge in [-0.3, -0.25) is 4.79 Å². The van der Waals surface area contributed by atoms with Crippen LogP contribution < -0.4 is 5.32 Å². The first-order valence-electron chi connectivity index (χ1n) is 8.05. The van der Waals surface area contributed by atoms with Crippen LogP contribution in [0, 0.1) is 18.3 Å². The average Bonchev–Trinajstić information content (AvgIpc) is 3.07. The van der Waals surface area contributed by atoms with Gasteiger partial charge in [0.15, 0.2) is 11.8 Å². The summed E-state index contributed by atoms with van der Waals surface area (Å²) >= 11 is 5.94. The summed E-state index contributed by atoms with van der Waals surface area (Å²) in [5, 5.41) is 11.7. The second-order valence-electron chi connectivity index (χ2n) is 5.86. The summed E-state index contributed by atoms with van der Waals surface area (Å²) in [5.41, 5.74) is 2.35. The van der Waals surface area contributed by atoms with Gasteiger partial charge < -0.3 is 14.5 Å². The minimum atomic E-state index is -1.04. The molecule has 0 fully saturated rings. The molecule has 27 heavy (non-hydrogen) atoms. The lowest BCUT2D eigenvalue weighted by Gasteiger charge is -2.13. The third-order valence-electron chi connectivity index (χ3n) is 3.92. The Kier molecular flexibility index (Phi) is 5.10. The van der Waals surface area contributed by atoms with Crippen LogP contribution in [0.4, 0.5) is 5.69 Å². The molecule has 0 saturated carbocycles. The Morgan fingerprint density at radius 1 is 1.33 bits per heavy atom. The van der Waals surface area contributed by atoms with E-state index in [0.717, 1.165) is 5.69 Å².